The molecule has 118 valence electrons. The minimum absolute atomic E-state index is 0.153. The van der Waals surface area contributed by atoms with Gasteiger partial charge in [-0.2, -0.15) is 0 Å². The second kappa shape index (κ2) is 6.27. The van der Waals surface area contributed by atoms with E-state index in [1.54, 1.807) is 7.11 Å². The Morgan fingerprint density at radius 3 is 2.48 bits per heavy atom. The molecule has 3 atom stereocenters. The van der Waals surface area contributed by atoms with Crippen LogP contribution >= 0.6 is 0 Å². The molecule has 1 N–H and O–H groups in total. The van der Waals surface area contributed by atoms with E-state index in [4.69, 9.17) is 9.47 Å². The third kappa shape index (κ3) is 3.91. The summed E-state index contributed by atoms with van der Waals surface area (Å²) in [5, 5.41) is 10.3. The largest absolute Gasteiger partial charge is 0.493 e. The Morgan fingerprint density at radius 2 is 1.86 bits per heavy atom. The molecule has 0 aliphatic heterocycles. The summed E-state index contributed by atoms with van der Waals surface area (Å²) in [5.74, 6) is 2.03. The van der Waals surface area contributed by atoms with Crippen LogP contribution in [0, 0.1) is 18.3 Å². The van der Waals surface area contributed by atoms with Crippen molar-refractivity contribution in [3.05, 3.63) is 23.8 Å². The summed E-state index contributed by atoms with van der Waals surface area (Å²) in [6.45, 7) is 8.81. The molecule has 0 radical (unpaired) electrons. The quantitative estimate of drug-likeness (QED) is 0.916. The highest BCUT2D eigenvalue weighted by atomic mass is 16.5. The normalized spacial score (nSPS) is 26.5. The van der Waals surface area contributed by atoms with E-state index in [0.29, 0.717) is 5.92 Å². The van der Waals surface area contributed by atoms with Crippen LogP contribution in [0.1, 0.15) is 45.6 Å². The van der Waals surface area contributed by atoms with Gasteiger partial charge in [-0.05, 0) is 55.2 Å². The lowest BCUT2D eigenvalue weighted by Crippen LogP contribution is -2.41. The molecular formula is C18H28O3. The van der Waals surface area contributed by atoms with Crippen LogP contribution in [0.15, 0.2) is 18.2 Å². The lowest BCUT2D eigenvalue weighted by Gasteiger charge is -2.40. The molecule has 1 aliphatic carbocycles. The number of aliphatic hydroxyl groups is 1. The highest BCUT2D eigenvalue weighted by Crippen LogP contribution is 2.40. The van der Waals surface area contributed by atoms with E-state index in [2.05, 4.69) is 20.8 Å². The predicted octanol–water partition coefficient (Wildman–Crippen LogP) is 3.96. The number of rotatable bonds is 3. The van der Waals surface area contributed by atoms with Gasteiger partial charge in [0.15, 0.2) is 11.5 Å². The fourth-order valence-corrected chi connectivity index (χ4v) is 3.06. The minimum atomic E-state index is -0.394. The molecule has 0 heterocycles. The third-order valence-corrected chi connectivity index (χ3v) is 4.58. The average Bonchev–Trinajstić information content (AvgIpc) is 2.41. The molecule has 3 unspecified atom stereocenters. The zero-order chi connectivity index (χ0) is 15.6. The standard InChI is InChI=1S/C18H28O3/c1-12-6-9-15(17(10-12)20-5)21-16-11-13(18(2,3)4)7-8-14(16)19/h6,9-10,13-14,16,19H,7-8,11H2,1-5H3. The van der Waals surface area contributed by atoms with Gasteiger partial charge in [-0.1, -0.05) is 26.8 Å². The molecule has 21 heavy (non-hydrogen) atoms. The maximum Gasteiger partial charge on any atom is 0.161 e. The van der Waals surface area contributed by atoms with Crippen LogP contribution in [-0.4, -0.2) is 24.4 Å². The first-order valence-electron chi connectivity index (χ1n) is 7.80. The van der Waals surface area contributed by atoms with Crippen molar-refractivity contribution in [2.75, 3.05) is 7.11 Å². The van der Waals surface area contributed by atoms with Crippen molar-refractivity contribution >= 4 is 0 Å². The van der Waals surface area contributed by atoms with Crippen molar-refractivity contribution < 1.29 is 14.6 Å². The Labute approximate surface area is 128 Å². The monoisotopic (exact) mass is 292 g/mol. The van der Waals surface area contributed by atoms with E-state index >= 15 is 0 Å². The molecule has 1 saturated carbocycles. The third-order valence-electron chi connectivity index (χ3n) is 4.58. The Morgan fingerprint density at radius 1 is 1.14 bits per heavy atom. The van der Waals surface area contributed by atoms with Crippen molar-refractivity contribution in [2.45, 2.75) is 59.2 Å². The van der Waals surface area contributed by atoms with Gasteiger partial charge in [-0.3, -0.25) is 0 Å². The Kier molecular flexibility index (Phi) is 4.82. The number of aliphatic hydroxyl groups excluding tert-OH is 1. The zero-order valence-electron chi connectivity index (χ0n) is 13.8. The molecule has 1 aromatic rings. The molecule has 0 bridgehead atoms. The first-order chi connectivity index (χ1) is 9.81. The zero-order valence-corrected chi connectivity index (χ0v) is 13.8. The summed E-state index contributed by atoms with van der Waals surface area (Å²) < 4.78 is 11.5. The number of aryl methyl sites for hydroxylation is 1. The van der Waals surface area contributed by atoms with Crippen molar-refractivity contribution in [1.82, 2.24) is 0 Å². The second-order valence-corrected chi connectivity index (χ2v) is 7.25. The van der Waals surface area contributed by atoms with Crippen LogP contribution < -0.4 is 9.47 Å². The maximum atomic E-state index is 10.3. The van der Waals surface area contributed by atoms with Gasteiger partial charge in [-0.15, -0.1) is 0 Å². The van der Waals surface area contributed by atoms with Crippen LogP contribution in [0.4, 0.5) is 0 Å². The molecule has 0 aromatic heterocycles. The number of hydrogen-bond donors (Lipinski definition) is 1. The summed E-state index contributed by atoms with van der Waals surface area (Å²) in [6, 6.07) is 5.90. The molecule has 3 nitrogen and oxygen atoms in total. The van der Waals surface area contributed by atoms with E-state index in [-0.39, 0.29) is 11.5 Å². The predicted molar refractivity (Wildman–Crippen MR) is 84.9 cm³/mol. The van der Waals surface area contributed by atoms with Gasteiger partial charge in [-0.25, -0.2) is 0 Å². The molecule has 0 amide bonds. The van der Waals surface area contributed by atoms with E-state index in [9.17, 15) is 5.11 Å². The molecule has 1 aromatic carbocycles. The van der Waals surface area contributed by atoms with Gasteiger partial charge in [0.25, 0.3) is 0 Å². The van der Waals surface area contributed by atoms with E-state index in [0.717, 1.165) is 36.3 Å². The SMILES string of the molecule is COc1cc(C)ccc1OC1CC(C(C)(C)C)CCC1O. The van der Waals surface area contributed by atoms with Gasteiger partial charge >= 0.3 is 0 Å². The van der Waals surface area contributed by atoms with Gasteiger partial charge < -0.3 is 14.6 Å². The summed E-state index contributed by atoms with van der Waals surface area (Å²) in [6.07, 6.45) is 2.21. The molecule has 0 saturated heterocycles. The average molecular weight is 292 g/mol. The highest BCUT2D eigenvalue weighted by molar-refractivity contribution is 5.42. The van der Waals surface area contributed by atoms with Crippen LogP contribution in [0.2, 0.25) is 0 Å². The van der Waals surface area contributed by atoms with Crippen molar-refractivity contribution in [3.8, 4) is 11.5 Å². The number of hydrogen-bond acceptors (Lipinski definition) is 3. The van der Waals surface area contributed by atoms with Crippen LogP contribution in [0.5, 0.6) is 11.5 Å². The summed E-state index contributed by atoms with van der Waals surface area (Å²) in [7, 11) is 1.65. The first-order valence-corrected chi connectivity index (χ1v) is 7.80. The fourth-order valence-electron chi connectivity index (χ4n) is 3.06. The van der Waals surface area contributed by atoms with E-state index < -0.39 is 6.10 Å². The number of methoxy groups -OCH3 is 1. The lowest BCUT2D eigenvalue weighted by molar-refractivity contribution is -0.0306. The van der Waals surface area contributed by atoms with E-state index in [1.807, 2.05) is 25.1 Å². The van der Waals surface area contributed by atoms with Gasteiger partial charge in [0.1, 0.15) is 6.10 Å². The van der Waals surface area contributed by atoms with Crippen LogP contribution in [0.25, 0.3) is 0 Å². The number of benzene rings is 1. The molecule has 2 rings (SSSR count). The van der Waals surface area contributed by atoms with Crippen molar-refractivity contribution in [2.24, 2.45) is 11.3 Å². The maximum absolute atomic E-state index is 10.3. The molecular weight excluding hydrogens is 264 g/mol. The topological polar surface area (TPSA) is 38.7 Å². The Balaban J connectivity index is 2.13. The molecule has 1 fully saturated rings. The highest BCUT2D eigenvalue weighted by Gasteiger charge is 2.36. The fraction of sp³-hybridized carbons (Fsp3) is 0.667. The molecule has 3 heteroatoms. The lowest BCUT2D eigenvalue weighted by atomic mass is 9.71. The van der Waals surface area contributed by atoms with Gasteiger partial charge in [0.05, 0.1) is 13.2 Å². The number of ether oxygens (including phenoxy) is 2. The Bertz CT molecular complexity index is 476. The molecule has 1 aliphatic rings. The Hall–Kier alpha value is -1.22. The van der Waals surface area contributed by atoms with E-state index in [1.165, 1.54) is 0 Å². The summed E-state index contributed by atoms with van der Waals surface area (Å²) in [5.41, 5.74) is 1.38. The minimum Gasteiger partial charge on any atom is -0.493 e. The van der Waals surface area contributed by atoms with Crippen LogP contribution in [-0.2, 0) is 0 Å². The second-order valence-electron chi connectivity index (χ2n) is 7.25. The summed E-state index contributed by atoms with van der Waals surface area (Å²) in [4.78, 5) is 0. The van der Waals surface area contributed by atoms with Gasteiger partial charge in [0.2, 0.25) is 0 Å². The summed E-state index contributed by atoms with van der Waals surface area (Å²) >= 11 is 0. The molecule has 0 spiro atoms. The van der Waals surface area contributed by atoms with Gasteiger partial charge in [0, 0.05) is 0 Å². The first kappa shape index (κ1) is 16.2. The van der Waals surface area contributed by atoms with Crippen LogP contribution in [0.3, 0.4) is 0 Å². The smallest absolute Gasteiger partial charge is 0.161 e. The van der Waals surface area contributed by atoms with Crippen molar-refractivity contribution in [1.29, 1.82) is 0 Å². The van der Waals surface area contributed by atoms with Crippen molar-refractivity contribution in [3.63, 3.8) is 0 Å².